The minimum atomic E-state index is -0.395. The van der Waals surface area contributed by atoms with E-state index in [1.165, 1.54) is 117 Å². The Morgan fingerprint density at radius 2 is 0.828 bits per heavy atom. The van der Waals surface area contributed by atoms with Crippen LogP contribution in [0, 0.1) is 0 Å². The van der Waals surface area contributed by atoms with Gasteiger partial charge >= 0.3 is 0 Å². The van der Waals surface area contributed by atoms with Crippen LogP contribution in [0.25, 0.3) is 32.7 Å². The molecule has 4 aliphatic heterocycles. The molecule has 4 heteroatoms. The van der Waals surface area contributed by atoms with Crippen molar-refractivity contribution in [2.45, 2.75) is 109 Å². The summed E-state index contributed by atoms with van der Waals surface area (Å²) in [6, 6.07) is 98.5. The average Bonchev–Trinajstić information content (AvgIpc) is 0.695. The third-order valence-corrected chi connectivity index (χ3v) is 22.3. The highest BCUT2D eigenvalue weighted by Crippen LogP contribution is 2.64. The first-order chi connectivity index (χ1) is 44.9. The third kappa shape index (κ3) is 8.42. The lowest BCUT2D eigenvalue weighted by atomic mass is 9.62. The molecule has 0 aromatic heterocycles. The molecule has 0 saturated carbocycles. The number of nitrogens with zero attached hydrogens (tertiary/aromatic N) is 4. The normalized spacial score (nSPS) is 16.5. The van der Waals surface area contributed by atoms with Crippen LogP contribution < -0.4 is 19.6 Å². The third-order valence-electron chi connectivity index (χ3n) is 22.3. The van der Waals surface area contributed by atoms with E-state index in [0.717, 1.165) is 47.0 Å². The van der Waals surface area contributed by atoms with Crippen LogP contribution in [0.3, 0.4) is 0 Å². The molecule has 0 N–H and O–H groups in total. The Kier molecular flexibility index (Phi) is 12.5. The van der Waals surface area contributed by atoms with Crippen molar-refractivity contribution in [2.75, 3.05) is 19.6 Å². The molecule has 0 saturated heterocycles. The Morgan fingerprint density at radius 1 is 0.344 bits per heavy atom. The predicted octanol–water partition coefficient (Wildman–Crippen LogP) is 24.4. The van der Waals surface area contributed by atoms with E-state index in [1.807, 2.05) is 0 Å². The van der Waals surface area contributed by atoms with Gasteiger partial charge in [-0.05, 0) is 198 Å². The van der Waals surface area contributed by atoms with Crippen molar-refractivity contribution in [1.82, 2.24) is 0 Å². The van der Waals surface area contributed by atoms with Crippen LogP contribution in [0.2, 0.25) is 0 Å². The zero-order chi connectivity index (χ0) is 63.5. The number of rotatable bonds is 9. The maximum Gasteiger partial charge on any atom is 0.0543 e. The van der Waals surface area contributed by atoms with E-state index in [1.54, 1.807) is 5.57 Å². The largest absolute Gasteiger partial charge is 0.310 e. The van der Waals surface area contributed by atoms with Gasteiger partial charge in [0.05, 0.1) is 28.4 Å². The van der Waals surface area contributed by atoms with E-state index in [2.05, 4.69) is 356 Å². The summed E-state index contributed by atoms with van der Waals surface area (Å²) in [5.41, 5.74) is 29.2. The number of hydrogen-bond donors (Lipinski definition) is 0. The highest BCUT2D eigenvalue weighted by molar-refractivity contribution is 5.97. The summed E-state index contributed by atoms with van der Waals surface area (Å²) in [6.45, 7) is 24.5. The molecule has 93 heavy (non-hydrogen) atoms. The number of benzene rings is 12. The first kappa shape index (κ1) is 56.8. The second-order valence-electron chi connectivity index (χ2n) is 29.3. The lowest BCUT2D eigenvalue weighted by Crippen LogP contribution is -2.43. The molecular weight excluding hydrogens is 1130 g/mol. The van der Waals surface area contributed by atoms with E-state index >= 15 is 0 Å². The molecule has 12 aromatic carbocycles. The summed E-state index contributed by atoms with van der Waals surface area (Å²) in [5, 5.41) is 4.89. The van der Waals surface area contributed by atoms with Crippen LogP contribution in [0.15, 0.2) is 284 Å². The fraction of sp³-hybridized carbons (Fsp3) is 0.191. The van der Waals surface area contributed by atoms with E-state index in [-0.39, 0.29) is 21.7 Å². The summed E-state index contributed by atoms with van der Waals surface area (Å²) in [7, 11) is 0. The van der Waals surface area contributed by atoms with Gasteiger partial charge in [0.2, 0.25) is 0 Å². The van der Waals surface area contributed by atoms with Crippen molar-refractivity contribution < 1.29 is 0 Å². The fourth-order valence-corrected chi connectivity index (χ4v) is 17.3. The minimum Gasteiger partial charge on any atom is -0.310 e. The van der Waals surface area contributed by atoms with Gasteiger partial charge in [-0.2, -0.15) is 0 Å². The van der Waals surface area contributed by atoms with Gasteiger partial charge in [0.25, 0.3) is 0 Å². The number of allylic oxidation sites excluding steroid dienone is 3. The molecule has 0 bridgehead atoms. The molecule has 0 fully saturated rings. The summed E-state index contributed by atoms with van der Waals surface area (Å²) in [6.07, 6.45) is 4.68. The summed E-state index contributed by atoms with van der Waals surface area (Å²) >= 11 is 0. The van der Waals surface area contributed by atoms with E-state index in [9.17, 15) is 0 Å². The van der Waals surface area contributed by atoms with Crippen LogP contribution in [0.4, 0.5) is 62.6 Å². The van der Waals surface area contributed by atoms with Gasteiger partial charge in [0.15, 0.2) is 0 Å². The molecule has 4 heterocycles. The average molecular weight is 1200 g/mol. The van der Waals surface area contributed by atoms with Gasteiger partial charge in [-0.1, -0.05) is 239 Å². The van der Waals surface area contributed by atoms with Gasteiger partial charge in [-0.15, -0.1) is 0 Å². The summed E-state index contributed by atoms with van der Waals surface area (Å²) in [4.78, 5) is 10.2. The molecule has 12 aromatic rings. The Hall–Kier alpha value is -10.2. The second-order valence-corrected chi connectivity index (χ2v) is 29.3. The molecular formula is C89H78N4. The highest BCUT2D eigenvalue weighted by atomic mass is 15.2. The zero-order valence-electron chi connectivity index (χ0n) is 55.1. The van der Waals surface area contributed by atoms with E-state index in [4.69, 9.17) is 0 Å². The zero-order valence-corrected chi connectivity index (χ0v) is 55.1. The number of fused-ring (bicyclic) bond motifs is 10. The Balaban J connectivity index is 0.779. The molecule has 5 aliphatic rings. The molecule has 4 nitrogen and oxygen atoms in total. The molecule has 0 atom stereocenters. The van der Waals surface area contributed by atoms with E-state index < -0.39 is 5.41 Å². The van der Waals surface area contributed by atoms with Gasteiger partial charge < -0.3 is 19.6 Å². The SMILES string of the molecule is CC1(C)C2=CCCC3=C2N(c2ccc(N(c4ccc(C(C)(C)c5cccc6c5C(C)(C)c5cccc7c5N6c5ccc(N(c6cccc(-c8ccccc8)c6)c6ccc8ccccc8c6)cc5C7(C)C)cc4)c4ccc5ccccc5c4)cc21)c1ccccc1C3(C)C. The highest BCUT2D eigenvalue weighted by Gasteiger charge is 2.50. The molecule has 17 rings (SSSR count). The van der Waals surface area contributed by atoms with Gasteiger partial charge in [0.1, 0.15) is 0 Å². The van der Waals surface area contributed by atoms with Gasteiger partial charge in [0, 0.05) is 66.9 Å². The van der Waals surface area contributed by atoms with Crippen molar-refractivity contribution in [3.8, 4) is 11.1 Å². The van der Waals surface area contributed by atoms with Crippen molar-refractivity contribution >= 4 is 84.1 Å². The van der Waals surface area contributed by atoms with Crippen molar-refractivity contribution in [1.29, 1.82) is 0 Å². The lowest BCUT2D eigenvalue weighted by molar-refractivity contribution is 0.532. The van der Waals surface area contributed by atoms with Crippen LogP contribution in [-0.4, -0.2) is 0 Å². The van der Waals surface area contributed by atoms with E-state index in [0.29, 0.717) is 0 Å². The van der Waals surface area contributed by atoms with Crippen LogP contribution in [0.1, 0.15) is 127 Å². The lowest BCUT2D eigenvalue weighted by Gasteiger charge is -2.52. The molecule has 0 amide bonds. The number of para-hydroxylation sites is 2. The minimum absolute atomic E-state index is 0.0570. The number of hydrogen-bond acceptors (Lipinski definition) is 4. The second kappa shape index (κ2) is 20.4. The van der Waals surface area contributed by atoms with Crippen LogP contribution in [-0.2, 0) is 27.1 Å². The van der Waals surface area contributed by atoms with Gasteiger partial charge in [-0.3, -0.25) is 0 Å². The van der Waals surface area contributed by atoms with Crippen molar-refractivity contribution in [3.63, 3.8) is 0 Å². The summed E-state index contributed by atoms with van der Waals surface area (Å²) in [5.74, 6) is 0. The molecule has 0 spiro atoms. The fourth-order valence-electron chi connectivity index (χ4n) is 17.3. The molecule has 0 radical (unpaired) electrons. The predicted molar refractivity (Wildman–Crippen MR) is 393 cm³/mol. The topological polar surface area (TPSA) is 13.0 Å². The molecule has 0 unspecified atom stereocenters. The first-order valence-corrected chi connectivity index (χ1v) is 33.5. The quantitative estimate of drug-likeness (QED) is 0.143. The smallest absolute Gasteiger partial charge is 0.0543 e. The van der Waals surface area contributed by atoms with Gasteiger partial charge in [-0.25, -0.2) is 0 Å². The molecule has 454 valence electrons. The monoisotopic (exact) mass is 1200 g/mol. The van der Waals surface area contributed by atoms with Crippen molar-refractivity contribution in [3.05, 3.63) is 328 Å². The van der Waals surface area contributed by atoms with Crippen LogP contribution in [0.5, 0.6) is 0 Å². The molecule has 1 aliphatic carbocycles. The Labute approximate surface area is 549 Å². The van der Waals surface area contributed by atoms with Crippen LogP contribution >= 0.6 is 0 Å². The number of anilines is 11. The Morgan fingerprint density at radius 3 is 1.51 bits per heavy atom. The van der Waals surface area contributed by atoms with Crippen molar-refractivity contribution in [2.24, 2.45) is 0 Å². The first-order valence-electron chi connectivity index (χ1n) is 33.5. The standard InChI is InChI=1S/C89H78N4/c1-85(2,63-42-46-64(47-43-63)90(66-44-40-58-26-14-16-28-60(58)53-66)68-48-50-79-76(55-68)87(5,6)73-35-21-34-72-83(73)92(79)78-38-19-18-32-70(78)86(72,3)4)71-33-23-39-81-82(71)89(9,10)75-37-22-36-74-84(75)93(81)80-51-49-69(56-77(80)88(74,7)8)91(67-45-41-59-27-15-17-29-61(59)54-67)65-31-20-30-62(52-65)57-24-12-11-13-25-57/h11-20,22-33,35-56H,21,34H2,1-10H3. The maximum atomic E-state index is 2.63. The Bertz CT molecular complexity index is 5150. The summed E-state index contributed by atoms with van der Waals surface area (Å²) < 4.78 is 0. The maximum absolute atomic E-state index is 2.63.